The molecule has 90 valence electrons. The van der Waals surface area contributed by atoms with Crippen LogP contribution in [0.5, 0.6) is 0 Å². The highest BCUT2D eigenvalue weighted by atomic mass is 16.2. The Balaban J connectivity index is 1.80. The number of piperazine rings is 1. The van der Waals surface area contributed by atoms with Crippen LogP contribution in [0, 0.1) is 11.3 Å². The van der Waals surface area contributed by atoms with E-state index < -0.39 is 0 Å². The zero-order valence-corrected chi connectivity index (χ0v) is 9.65. The molecule has 2 aliphatic heterocycles. The van der Waals surface area contributed by atoms with Gasteiger partial charge in [-0.15, -0.1) is 0 Å². The Morgan fingerprint density at radius 3 is 2.12 bits per heavy atom. The van der Waals surface area contributed by atoms with E-state index in [-0.39, 0.29) is 17.8 Å². The smallest absolute Gasteiger partial charge is 0.228 e. The van der Waals surface area contributed by atoms with E-state index in [0.717, 1.165) is 13.1 Å². The molecule has 0 radical (unpaired) electrons. The van der Waals surface area contributed by atoms with Crippen LogP contribution >= 0.6 is 0 Å². The average molecular weight is 225 g/mol. The van der Waals surface area contributed by atoms with Gasteiger partial charge in [0.2, 0.25) is 5.91 Å². The maximum absolute atomic E-state index is 12.0. The van der Waals surface area contributed by atoms with Gasteiger partial charge in [0, 0.05) is 39.3 Å². The predicted molar refractivity (Wildman–Crippen MR) is 61.1 cm³/mol. The first-order chi connectivity index (χ1) is 7.58. The zero-order valence-electron chi connectivity index (χ0n) is 9.65. The molecule has 0 aromatic heterocycles. The van der Waals surface area contributed by atoms with Gasteiger partial charge in [-0.2, -0.15) is 0 Å². The molecular weight excluding hydrogens is 206 g/mol. The summed E-state index contributed by atoms with van der Waals surface area (Å²) in [6.07, 6.45) is 0. The molecule has 2 saturated heterocycles. The number of carbonyl (C=O) groups is 1. The van der Waals surface area contributed by atoms with Gasteiger partial charge >= 0.3 is 0 Å². The highest BCUT2D eigenvalue weighted by Crippen LogP contribution is 2.16. The molecule has 3 N–H and O–H groups in total. The summed E-state index contributed by atoms with van der Waals surface area (Å²) in [5.41, 5.74) is 5.40. The fourth-order valence-corrected chi connectivity index (χ4v) is 2.28. The van der Waals surface area contributed by atoms with Crippen LogP contribution in [-0.4, -0.2) is 72.9 Å². The molecule has 0 aromatic rings. The Morgan fingerprint density at radius 1 is 1.19 bits per heavy atom. The number of nitrogens with one attached hydrogen (secondary N) is 1. The monoisotopic (exact) mass is 225 g/mol. The van der Waals surface area contributed by atoms with E-state index >= 15 is 0 Å². The summed E-state index contributed by atoms with van der Waals surface area (Å²) < 4.78 is 0. The molecule has 6 heteroatoms. The number of nitrogens with zero attached hydrogens (tertiary/aromatic N) is 3. The summed E-state index contributed by atoms with van der Waals surface area (Å²) in [5, 5.41) is 7.31. The van der Waals surface area contributed by atoms with Crippen LogP contribution < -0.4 is 5.73 Å². The summed E-state index contributed by atoms with van der Waals surface area (Å²) >= 11 is 0. The minimum Gasteiger partial charge on any atom is -0.370 e. The van der Waals surface area contributed by atoms with Gasteiger partial charge in [0.1, 0.15) is 0 Å². The van der Waals surface area contributed by atoms with Crippen LogP contribution in [0.2, 0.25) is 0 Å². The van der Waals surface area contributed by atoms with Crippen molar-refractivity contribution < 1.29 is 4.79 Å². The molecular formula is C10H19N5O. The lowest BCUT2D eigenvalue weighted by Gasteiger charge is -2.41. The molecule has 0 atom stereocenters. The van der Waals surface area contributed by atoms with E-state index in [9.17, 15) is 4.79 Å². The standard InChI is InChI=1S/C10H19N5O/c1-13-6-8(7-13)9(16)14-2-4-15(5-3-14)10(11)12/h8H,2-7H2,1H3,(H3,11,12). The first-order valence-electron chi connectivity index (χ1n) is 5.64. The highest BCUT2D eigenvalue weighted by molar-refractivity contribution is 5.81. The van der Waals surface area contributed by atoms with Crippen molar-refractivity contribution in [3.05, 3.63) is 0 Å². The fraction of sp³-hybridized carbons (Fsp3) is 0.800. The molecule has 2 fully saturated rings. The van der Waals surface area contributed by atoms with Crippen molar-refractivity contribution in [2.24, 2.45) is 11.7 Å². The number of likely N-dealkylation sites (tertiary alicyclic amines) is 1. The van der Waals surface area contributed by atoms with Gasteiger partial charge in [-0.3, -0.25) is 10.2 Å². The lowest BCUT2D eigenvalue weighted by atomic mass is 9.99. The SMILES string of the molecule is CN1CC(C(=O)N2CCN(C(=N)N)CC2)C1. The van der Waals surface area contributed by atoms with Gasteiger partial charge in [0.25, 0.3) is 0 Å². The number of amides is 1. The minimum atomic E-state index is 0.107. The number of nitrogens with two attached hydrogens (primary N) is 1. The van der Waals surface area contributed by atoms with E-state index in [0.29, 0.717) is 26.2 Å². The van der Waals surface area contributed by atoms with Gasteiger partial charge in [0.15, 0.2) is 5.96 Å². The van der Waals surface area contributed by atoms with Crippen molar-refractivity contribution in [2.75, 3.05) is 46.3 Å². The van der Waals surface area contributed by atoms with Crippen molar-refractivity contribution >= 4 is 11.9 Å². The van der Waals surface area contributed by atoms with Crippen LogP contribution in [0.25, 0.3) is 0 Å². The summed E-state index contributed by atoms with van der Waals surface area (Å²) in [4.78, 5) is 17.8. The molecule has 0 aromatic carbocycles. The average Bonchev–Trinajstić information content (AvgIpc) is 2.24. The molecule has 0 aliphatic carbocycles. The Labute approximate surface area is 95.5 Å². The molecule has 2 aliphatic rings. The maximum Gasteiger partial charge on any atom is 0.228 e. The summed E-state index contributed by atoms with van der Waals surface area (Å²) in [6, 6.07) is 0. The largest absolute Gasteiger partial charge is 0.370 e. The number of carbonyl (C=O) groups excluding carboxylic acids is 1. The van der Waals surface area contributed by atoms with Crippen molar-refractivity contribution in [3.8, 4) is 0 Å². The molecule has 0 bridgehead atoms. The van der Waals surface area contributed by atoms with Gasteiger partial charge < -0.3 is 20.4 Å². The molecule has 2 rings (SSSR count). The minimum absolute atomic E-state index is 0.107. The number of hydrogen-bond donors (Lipinski definition) is 2. The molecule has 0 spiro atoms. The van der Waals surface area contributed by atoms with Crippen molar-refractivity contribution in [1.29, 1.82) is 5.41 Å². The first-order valence-corrected chi connectivity index (χ1v) is 5.64. The summed E-state index contributed by atoms with van der Waals surface area (Å²) in [6.45, 7) is 4.52. The molecule has 2 heterocycles. The van der Waals surface area contributed by atoms with E-state index in [1.54, 1.807) is 4.90 Å². The Hall–Kier alpha value is -1.30. The molecule has 0 unspecified atom stereocenters. The highest BCUT2D eigenvalue weighted by Gasteiger charge is 2.34. The van der Waals surface area contributed by atoms with Gasteiger partial charge in [-0.05, 0) is 7.05 Å². The Bertz CT molecular complexity index is 292. The second-order valence-corrected chi connectivity index (χ2v) is 4.62. The summed E-state index contributed by atoms with van der Waals surface area (Å²) in [5.74, 6) is 0.561. The maximum atomic E-state index is 12.0. The van der Waals surface area contributed by atoms with E-state index in [2.05, 4.69) is 4.90 Å². The number of rotatable bonds is 1. The van der Waals surface area contributed by atoms with Crippen LogP contribution in [0.4, 0.5) is 0 Å². The Morgan fingerprint density at radius 2 is 1.69 bits per heavy atom. The topological polar surface area (TPSA) is 76.7 Å². The lowest BCUT2D eigenvalue weighted by Crippen LogP contribution is -2.58. The zero-order chi connectivity index (χ0) is 11.7. The first kappa shape index (κ1) is 11.2. The Kier molecular flexibility index (Phi) is 3.00. The number of hydrogen-bond acceptors (Lipinski definition) is 3. The van der Waals surface area contributed by atoms with E-state index in [4.69, 9.17) is 11.1 Å². The van der Waals surface area contributed by atoms with Crippen molar-refractivity contribution in [2.45, 2.75) is 0 Å². The van der Waals surface area contributed by atoms with Crippen LogP contribution in [-0.2, 0) is 4.79 Å². The van der Waals surface area contributed by atoms with Gasteiger partial charge in [-0.25, -0.2) is 0 Å². The second kappa shape index (κ2) is 4.29. The third kappa shape index (κ3) is 2.11. The molecule has 6 nitrogen and oxygen atoms in total. The normalized spacial score (nSPS) is 23.1. The van der Waals surface area contributed by atoms with E-state index in [1.807, 2.05) is 11.9 Å². The lowest BCUT2D eigenvalue weighted by molar-refractivity contribution is -0.141. The third-order valence-corrected chi connectivity index (χ3v) is 3.35. The molecule has 16 heavy (non-hydrogen) atoms. The predicted octanol–water partition coefficient (Wildman–Crippen LogP) is -1.41. The van der Waals surface area contributed by atoms with Crippen LogP contribution in [0.15, 0.2) is 0 Å². The van der Waals surface area contributed by atoms with E-state index in [1.165, 1.54) is 0 Å². The van der Waals surface area contributed by atoms with Crippen molar-refractivity contribution in [3.63, 3.8) is 0 Å². The molecule has 1 amide bonds. The quantitative estimate of drug-likeness (QED) is 0.424. The van der Waals surface area contributed by atoms with Crippen LogP contribution in [0.1, 0.15) is 0 Å². The fourth-order valence-electron chi connectivity index (χ4n) is 2.28. The van der Waals surface area contributed by atoms with Crippen LogP contribution in [0.3, 0.4) is 0 Å². The third-order valence-electron chi connectivity index (χ3n) is 3.35. The van der Waals surface area contributed by atoms with Crippen molar-refractivity contribution in [1.82, 2.24) is 14.7 Å². The number of guanidine groups is 1. The van der Waals surface area contributed by atoms with Gasteiger partial charge in [0.05, 0.1) is 5.92 Å². The summed E-state index contributed by atoms with van der Waals surface area (Å²) in [7, 11) is 2.03. The molecule has 0 saturated carbocycles. The second-order valence-electron chi connectivity index (χ2n) is 4.62. The van der Waals surface area contributed by atoms with Gasteiger partial charge in [-0.1, -0.05) is 0 Å².